The number of hydrogen-bond acceptors (Lipinski definition) is 2. The lowest BCUT2D eigenvalue weighted by molar-refractivity contribution is 0.376. The van der Waals surface area contributed by atoms with Crippen LogP contribution in [0.2, 0.25) is 0 Å². The Morgan fingerprint density at radius 2 is 2.13 bits per heavy atom. The smallest absolute Gasteiger partial charge is 0.0991 e. The topological polar surface area (TPSA) is 35.8 Å². The fraction of sp³-hybridized carbons (Fsp3) is 0.462. The number of benzene rings is 1. The fourth-order valence-corrected chi connectivity index (χ4v) is 2.15. The van der Waals surface area contributed by atoms with Crippen LogP contribution in [0.15, 0.2) is 24.3 Å². The molecule has 1 saturated heterocycles. The van der Waals surface area contributed by atoms with Crippen LogP contribution in [0.4, 0.5) is 0 Å². The van der Waals surface area contributed by atoms with Gasteiger partial charge in [0.1, 0.15) is 0 Å². The summed E-state index contributed by atoms with van der Waals surface area (Å²) < 4.78 is 0. The third-order valence-electron chi connectivity index (χ3n) is 3.01. The summed E-state index contributed by atoms with van der Waals surface area (Å²) in [6.45, 7) is 2.31. The number of hydrogen-bond donors (Lipinski definition) is 1. The quantitative estimate of drug-likeness (QED) is 0.793. The lowest BCUT2D eigenvalue weighted by Gasteiger charge is -2.22. The molecule has 0 radical (unpaired) electrons. The normalized spacial score (nSPS) is 20.9. The number of nitrogens with zero attached hydrogens (tertiary/aromatic N) is 1. The van der Waals surface area contributed by atoms with Crippen molar-refractivity contribution in [2.75, 3.05) is 13.1 Å². The molecule has 1 N–H and O–H groups in total. The molecule has 78 valence electrons. The van der Waals surface area contributed by atoms with Gasteiger partial charge in [-0.25, -0.2) is 0 Å². The highest BCUT2D eigenvalue weighted by Gasteiger charge is 2.12. The van der Waals surface area contributed by atoms with E-state index in [2.05, 4.69) is 23.5 Å². The molecule has 1 fully saturated rings. The van der Waals surface area contributed by atoms with Gasteiger partial charge in [-0.15, -0.1) is 0 Å². The van der Waals surface area contributed by atoms with Gasteiger partial charge in [-0.2, -0.15) is 5.26 Å². The van der Waals surface area contributed by atoms with Crippen LogP contribution >= 0.6 is 0 Å². The standard InChI is InChI=1S/C13H16N2/c14-9-12-5-3-11(4-6-12)8-13-2-1-7-15-10-13/h3-6,13,15H,1-2,7-8,10H2/t13-/m0/s1. The van der Waals surface area contributed by atoms with Crippen molar-refractivity contribution in [3.05, 3.63) is 35.4 Å². The first kappa shape index (κ1) is 10.2. The molecule has 15 heavy (non-hydrogen) atoms. The molecule has 2 heteroatoms. The molecule has 2 nitrogen and oxygen atoms in total. The number of piperidine rings is 1. The molecule has 0 amide bonds. The van der Waals surface area contributed by atoms with E-state index in [0.717, 1.165) is 24.4 Å². The molecule has 1 heterocycles. The Hall–Kier alpha value is -1.33. The van der Waals surface area contributed by atoms with E-state index in [1.54, 1.807) is 0 Å². The van der Waals surface area contributed by atoms with Gasteiger partial charge in [-0.1, -0.05) is 12.1 Å². The van der Waals surface area contributed by atoms with Gasteiger partial charge in [-0.3, -0.25) is 0 Å². The van der Waals surface area contributed by atoms with E-state index in [1.165, 1.54) is 24.9 Å². The first-order valence-electron chi connectivity index (χ1n) is 5.58. The second-order valence-electron chi connectivity index (χ2n) is 4.23. The van der Waals surface area contributed by atoms with E-state index in [9.17, 15) is 0 Å². The second-order valence-corrected chi connectivity index (χ2v) is 4.23. The highest BCUT2D eigenvalue weighted by molar-refractivity contribution is 5.31. The van der Waals surface area contributed by atoms with Crippen LogP contribution < -0.4 is 5.32 Å². The summed E-state index contributed by atoms with van der Waals surface area (Å²) >= 11 is 0. The summed E-state index contributed by atoms with van der Waals surface area (Å²) in [5.41, 5.74) is 2.10. The summed E-state index contributed by atoms with van der Waals surface area (Å²) in [6, 6.07) is 10.1. The average molecular weight is 200 g/mol. The Labute approximate surface area is 90.9 Å². The molecule has 0 unspecified atom stereocenters. The molecule has 0 spiro atoms. The maximum absolute atomic E-state index is 8.69. The van der Waals surface area contributed by atoms with Crippen molar-refractivity contribution >= 4 is 0 Å². The van der Waals surface area contributed by atoms with Crippen molar-refractivity contribution in [1.29, 1.82) is 5.26 Å². The largest absolute Gasteiger partial charge is 0.316 e. The van der Waals surface area contributed by atoms with E-state index in [4.69, 9.17) is 5.26 Å². The lowest BCUT2D eigenvalue weighted by atomic mass is 9.92. The van der Waals surface area contributed by atoms with Gasteiger partial charge < -0.3 is 5.32 Å². The molecule has 1 atom stereocenters. The van der Waals surface area contributed by atoms with Crippen molar-refractivity contribution in [2.24, 2.45) is 5.92 Å². The van der Waals surface area contributed by atoms with Crippen molar-refractivity contribution < 1.29 is 0 Å². The van der Waals surface area contributed by atoms with E-state index in [-0.39, 0.29) is 0 Å². The third-order valence-corrected chi connectivity index (χ3v) is 3.01. The zero-order valence-corrected chi connectivity index (χ0v) is 8.87. The van der Waals surface area contributed by atoms with E-state index in [1.807, 2.05) is 12.1 Å². The summed E-state index contributed by atoms with van der Waals surface area (Å²) in [6.07, 6.45) is 3.76. The van der Waals surface area contributed by atoms with Crippen LogP contribution in [0.5, 0.6) is 0 Å². The third kappa shape index (κ3) is 2.81. The second kappa shape index (κ2) is 4.95. The van der Waals surface area contributed by atoms with Gasteiger partial charge in [0.05, 0.1) is 11.6 Å². The lowest BCUT2D eigenvalue weighted by Crippen LogP contribution is -2.30. The summed E-state index contributed by atoms with van der Waals surface area (Å²) in [5, 5.41) is 12.1. The predicted molar refractivity (Wildman–Crippen MR) is 60.5 cm³/mol. The first-order chi connectivity index (χ1) is 7.38. The summed E-state index contributed by atoms with van der Waals surface area (Å²) in [4.78, 5) is 0. The Morgan fingerprint density at radius 3 is 2.73 bits per heavy atom. The summed E-state index contributed by atoms with van der Waals surface area (Å²) in [5.74, 6) is 0.770. The first-order valence-corrected chi connectivity index (χ1v) is 5.58. The Balaban J connectivity index is 1.95. The van der Waals surface area contributed by atoms with Gasteiger partial charge in [0.25, 0.3) is 0 Å². The highest BCUT2D eigenvalue weighted by atomic mass is 14.9. The SMILES string of the molecule is N#Cc1ccc(C[C@@H]2CCCNC2)cc1. The molecule has 0 saturated carbocycles. The van der Waals surface area contributed by atoms with Crippen LogP contribution in [0, 0.1) is 17.2 Å². The molecular weight excluding hydrogens is 184 g/mol. The zero-order chi connectivity index (χ0) is 10.5. The van der Waals surface area contributed by atoms with Gasteiger partial charge in [0.15, 0.2) is 0 Å². The monoisotopic (exact) mass is 200 g/mol. The van der Waals surface area contributed by atoms with Crippen molar-refractivity contribution in [1.82, 2.24) is 5.32 Å². The minimum atomic E-state index is 0.750. The van der Waals surface area contributed by atoms with Gasteiger partial charge in [0, 0.05) is 0 Å². The number of rotatable bonds is 2. The minimum Gasteiger partial charge on any atom is -0.316 e. The van der Waals surface area contributed by atoms with Crippen molar-refractivity contribution in [3.63, 3.8) is 0 Å². The summed E-state index contributed by atoms with van der Waals surface area (Å²) in [7, 11) is 0. The Morgan fingerprint density at radius 1 is 1.33 bits per heavy atom. The zero-order valence-electron chi connectivity index (χ0n) is 8.87. The molecule has 1 aromatic rings. The maximum atomic E-state index is 8.69. The Kier molecular flexibility index (Phi) is 3.37. The molecular formula is C13H16N2. The molecule has 2 rings (SSSR count). The van der Waals surface area contributed by atoms with Gasteiger partial charge >= 0.3 is 0 Å². The van der Waals surface area contributed by atoms with Crippen LogP contribution in [0.25, 0.3) is 0 Å². The molecule has 1 aliphatic heterocycles. The van der Waals surface area contributed by atoms with Gasteiger partial charge in [-0.05, 0) is 56.0 Å². The van der Waals surface area contributed by atoms with Crippen LogP contribution in [0.3, 0.4) is 0 Å². The van der Waals surface area contributed by atoms with Gasteiger partial charge in [0.2, 0.25) is 0 Å². The predicted octanol–water partition coefficient (Wildman–Crippen LogP) is 2.10. The maximum Gasteiger partial charge on any atom is 0.0991 e. The molecule has 0 aliphatic carbocycles. The van der Waals surface area contributed by atoms with E-state index in [0.29, 0.717) is 0 Å². The van der Waals surface area contributed by atoms with Crippen molar-refractivity contribution in [2.45, 2.75) is 19.3 Å². The highest BCUT2D eigenvalue weighted by Crippen LogP contribution is 2.16. The fourth-order valence-electron chi connectivity index (χ4n) is 2.15. The van der Waals surface area contributed by atoms with E-state index >= 15 is 0 Å². The van der Waals surface area contributed by atoms with Crippen LogP contribution in [0.1, 0.15) is 24.0 Å². The average Bonchev–Trinajstić information content (AvgIpc) is 2.31. The number of nitriles is 1. The molecule has 0 bridgehead atoms. The molecule has 1 aromatic carbocycles. The van der Waals surface area contributed by atoms with E-state index < -0.39 is 0 Å². The Bertz CT molecular complexity index is 342. The van der Waals surface area contributed by atoms with Crippen molar-refractivity contribution in [3.8, 4) is 6.07 Å². The molecule has 0 aromatic heterocycles. The van der Waals surface area contributed by atoms with Crippen LogP contribution in [-0.2, 0) is 6.42 Å². The molecule has 1 aliphatic rings. The minimum absolute atomic E-state index is 0.750. The van der Waals surface area contributed by atoms with Crippen LogP contribution in [-0.4, -0.2) is 13.1 Å². The number of nitrogens with one attached hydrogen (secondary N) is 1.